The van der Waals surface area contributed by atoms with E-state index in [-0.39, 0.29) is 0 Å². The molecule has 0 unspecified atom stereocenters. The van der Waals surface area contributed by atoms with Gasteiger partial charge in [0.2, 0.25) is 35.7 Å². The van der Waals surface area contributed by atoms with Gasteiger partial charge in [-0.3, -0.25) is 0 Å². The lowest BCUT2D eigenvalue weighted by molar-refractivity contribution is 0.784. The fourth-order valence-electron chi connectivity index (χ4n) is 6.28. The fraction of sp³-hybridized carbons (Fsp3) is 0.238. The van der Waals surface area contributed by atoms with Crippen molar-refractivity contribution in [3.05, 3.63) is 117 Å². The number of hydrogen-bond acceptors (Lipinski definition) is 14. The number of unbranched alkanes of at least 4 members (excludes halogenated alkanes) is 1. The van der Waals surface area contributed by atoms with E-state index >= 15 is 0 Å². The average molecular weight is 745 g/mol. The Morgan fingerprint density at radius 2 is 0.732 bits per heavy atom. The monoisotopic (exact) mass is 744 g/mol. The first kappa shape index (κ1) is 38.4. The van der Waals surface area contributed by atoms with E-state index in [0.29, 0.717) is 59.9 Å². The van der Waals surface area contributed by atoms with Crippen LogP contribution in [0, 0.1) is 64.2 Å². The maximum absolute atomic E-state index is 9.20. The standard InChI is InChI=1S/C42H44N14/c1-25-19-27(3)35(28(4)20-25)49-41-53-37(51-39(55-41)47-33-13-9-31(23-43)10-14-33)45-17-7-8-18-46-38-52-40(48-34-15-11-32(24-44)12-16-34)56-42(54-38)50-36-29(5)21-26(2)22-30(36)6/h9-16,19-22H,7-8,17-18H2,1-6H3,(H3,45,47,49,51,53,55)(H3,46,48,50,52,54,56). The second-order valence-electron chi connectivity index (χ2n) is 13.6. The molecule has 6 N–H and O–H groups in total. The zero-order valence-corrected chi connectivity index (χ0v) is 32.3. The van der Waals surface area contributed by atoms with Crippen LogP contribution in [0.25, 0.3) is 0 Å². The molecule has 0 aliphatic carbocycles. The van der Waals surface area contributed by atoms with E-state index in [1.807, 2.05) is 24.3 Å². The van der Waals surface area contributed by atoms with Gasteiger partial charge in [-0.2, -0.15) is 40.4 Å². The van der Waals surface area contributed by atoms with Crippen molar-refractivity contribution in [1.29, 1.82) is 10.5 Å². The highest BCUT2D eigenvalue weighted by Gasteiger charge is 2.13. The molecule has 282 valence electrons. The van der Waals surface area contributed by atoms with Crippen molar-refractivity contribution in [2.75, 3.05) is 45.0 Å². The highest BCUT2D eigenvalue weighted by Crippen LogP contribution is 2.28. The van der Waals surface area contributed by atoms with Crippen LogP contribution in [-0.2, 0) is 0 Å². The molecule has 4 aromatic carbocycles. The molecule has 6 aromatic rings. The van der Waals surface area contributed by atoms with Gasteiger partial charge in [0.15, 0.2) is 0 Å². The maximum Gasteiger partial charge on any atom is 0.233 e. The highest BCUT2D eigenvalue weighted by atomic mass is 15.3. The lowest BCUT2D eigenvalue weighted by Gasteiger charge is -2.15. The van der Waals surface area contributed by atoms with E-state index < -0.39 is 0 Å². The highest BCUT2D eigenvalue weighted by molar-refractivity contribution is 5.67. The summed E-state index contributed by atoms with van der Waals surface area (Å²) in [5.74, 6) is 2.36. The number of nitrogens with one attached hydrogen (secondary N) is 6. The van der Waals surface area contributed by atoms with Crippen molar-refractivity contribution in [1.82, 2.24) is 29.9 Å². The molecule has 0 bridgehead atoms. The van der Waals surface area contributed by atoms with Gasteiger partial charge in [0.1, 0.15) is 0 Å². The molecule has 0 saturated carbocycles. The molecular weight excluding hydrogens is 701 g/mol. The minimum atomic E-state index is 0.361. The van der Waals surface area contributed by atoms with Gasteiger partial charge >= 0.3 is 0 Å². The topological polar surface area (TPSA) is 197 Å². The van der Waals surface area contributed by atoms with Crippen molar-refractivity contribution in [3.8, 4) is 12.1 Å². The van der Waals surface area contributed by atoms with Crippen LogP contribution < -0.4 is 31.9 Å². The average Bonchev–Trinajstić information content (AvgIpc) is 3.16. The van der Waals surface area contributed by atoms with E-state index in [1.165, 1.54) is 11.1 Å². The molecule has 0 spiro atoms. The molecule has 6 rings (SSSR count). The number of rotatable bonds is 15. The van der Waals surface area contributed by atoms with E-state index in [9.17, 15) is 10.5 Å². The molecular formula is C42H44N14. The van der Waals surface area contributed by atoms with Gasteiger partial charge in [-0.15, -0.1) is 0 Å². The van der Waals surface area contributed by atoms with Crippen molar-refractivity contribution in [3.63, 3.8) is 0 Å². The summed E-state index contributed by atoms with van der Waals surface area (Å²) in [6, 6.07) is 26.9. The van der Waals surface area contributed by atoms with Gasteiger partial charge in [-0.1, -0.05) is 35.4 Å². The van der Waals surface area contributed by atoms with Gasteiger partial charge in [0.05, 0.1) is 23.3 Å². The summed E-state index contributed by atoms with van der Waals surface area (Å²) in [5.41, 5.74) is 11.2. The van der Waals surface area contributed by atoms with Crippen molar-refractivity contribution < 1.29 is 0 Å². The number of nitrogens with zero attached hydrogens (tertiary/aromatic N) is 8. The quantitative estimate of drug-likeness (QED) is 0.0545. The molecule has 0 saturated heterocycles. The van der Waals surface area contributed by atoms with E-state index in [0.717, 1.165) is 57.8 Å². The summed E-state index contributed by atoms with van der Waals surface area (Å²) in [6.07, 6.45) is 1.59. The SMILES string of the molecule is Cc1cc(C)c(Nc2nc(NCCCCNc3nc(Nc4ccc(C#N)cc4)nc(Nc4c(C)cc(C)cc4C)n3)nc(Nc3ccc(C#N)cc3)n2)c(C)c1. The van der Waals surface area contributed by atoms with Crippen LogP contribution >= 0.6 is 0 Å². The minimum absolute atomic E-state index is 0.361. The molecule has 14 nitrogen and oxygen atoms in total. The largest absolute Gasteiger partial charge is 0.354 e. The number of aromatic nitrogens is 6. The van der Waals surface area contributed by atoms with Gasteiger partial charge in [-0.25, -0.2) is 0 Å². The van der Waals surface area contributed by atoms with Crippen LogP contribution in [0.3, 0.4) is 0 Å². The molecule has 0 amide bonds. The molecule has 2 heterocycles. The summed E-state index contributed by atoms with van der Waals surface area (Å²) in [6.45, 7) is 13.6. The predicted molar refractivity (Wildman–Crippen MR) is 223 cm³/mol. The second kappa shape index (κ2) is 17.7. The zero-order chi connectivity index (χ0) is 39.6. The first-order valence-corrected chi connectivity index (χ1v) is 18.3. The molecule has 0 atom stereocenters. The molecule has 0 fully saturated rings. The van der Waals surface area contributed by atoms with Crippen LogP contribution in [0.5, 0.6) is 0 Å². The number of aryl methyl sites for hydroxylation is 6. The van der Waals surface area contributed by atoms with Crippen LogP contribution in [0.2, 0.25) is 0 Å². The van der Waals surface area contributed by atoms with Crippen LogP contribution in [-0.4, -0.2) is 43.0 Å². The number of nitriles is 2. The molecule has 2 aromatic heterocycles. The normalized spacial score (nSPS) is 10.6. The first-order chi connectivity index (χ1) is 27.0. The Labute approximate surface area is 326 Å². The zero-order valence-electron chi connectivity index (χ0n) is 32.3. The molecule has 0 aliphatic heterocycles. The Morgan fingerprint density at radius 3 is 1.05 bits per heavy atom. The Bertz CT molecular complexity index is 2200. The molecule has 56 heavy (non-hydrogen) atoms. The fourth-order valence-corrected chi connectivity index (χ4v) is 6.28. The summed E-state index contributed by atoms with van der Waals surface area (Å²) in [7, 11) is 0. The Morgan fingerprint density at radius 1 is 0.429 bits per heavy atom. The number of benzene rings is 4. The van der Waals surface area contributed by atoms with Gasteiger partial charge in [0, 0.05) is 35.8 Å². The Balaban J connectivity index is 1.12. The summed E-state index contributed by atoms with van der Waals surface area (Å²) in [5, 5.41) is 38.4. The third-order valence-electron chi connectivity index (χ3n) is 8.81. The van der Waals surface area contributed by atoms with Crippen molar-refractivity contribution in [2.24, 2.45) is 0 Å². The van der Waals surface area contributed by atoms with E-state index in [2.05, 4.69) is 140 Å². The first-order valence-electron chi connectivity index (χ1n) is 18.3. The summed E-state index contributed by atoms with van der Waals surface area (Å²) in [4.78, 5) is 27.9. The van der Waals surface area contributed by atoms with Crippen LogP contribution in [0.4, 0.5) is 58.4 Å². The predicted octanol–water partition coefficient (Wildman–Crippen LogP) is 8.93. The lowest BCUT2D eigenvalue weighted by atomic mass is 10.1. The van der Waals surface area contributed by atoms with Gasteiger partial charge < -0.3 is 31.9 Å². The number of hydrogen-bond donors (Lipinski definition) is 6. The molecule has 0 radical (unpaired) electrons. The number of anilines is 10. The molecule has 0 aliphatic rings. The lowest BCUT2D eigenvalue weighted by Crippen LogP contribution is -2.13. The van der Waals surface area contributed by atoms with Gasteiger partial charge in [-0.05, 0) is 125 Å². The maximum atomic E-state index is 9.20. The molecule has 14 heteroatoms. The van der Waals surface area contributed by atoms with Crippen molar-refractivity contribution in [2.45, 2.75) is 54.4 Å². The van der Waals surface area contributed by atoms with E-state index in [4.69, 9.17) is 0 Å². The van der Waals surface area contributed by atoms with E-state index in [1.54, 1.807) is 24.3 Å². The second-order valence-corrected chi connectivity index (χ2v) is 13.6. The van der Waals surface area contributed by atoms with Crippen molar-refractivity contribution >= 4 is 58.4 Å². The summed E-state index contributed by atoms with van der Waals surface area (Å²) < 4.78 is 0. The Kier molecular flexibility index (Phi) is 12.1. The minimum Gasteiger partial charge on any atom is -0.354 e. The Hall–Kier alpha value is -7.32. The summed E-state index contributed by atoms with van der Waals surface area (Å²) >= 11 is 0. The van der Waals surface area contributed by atoms with Crippen LogP contribution in [0.1, 0.15) is 57.3 Å². The smallest absolute Gasteiger partial charge is 0.233 e. The third-order valence-corrected chi connectivity index (χ3v) is 8.81. The third kappa shape index (κ3) is 10.2. The van der Waals surface area contributed by atoms with Crippen LogP contribution in [0.15, 0.2) is 72.8 Å². The van der Waals surface area contributed by atoms with Gasteiger partial charge in [0.25, 0.3) is 0 Å².